The molecule has 3 aliphatic heterocycles. The van der Waals surface area contributed by atoms with Gasteiger partial charge in [0.1, 0.15) is 5.54 Å². The Balaban J connectivity index is 1.91. The molecule has 2 bridgehead atoms. The molecule has 0 unspecified atom stereocenters. The molecular formula is C19H21N3O4. The minimum absolute atomic E-state index is 0.257. The number of benzene rings is 1. The molecule has 26 heavy (non-hydrogen) atoms. The molecule has 0 aliphatic carbocycles. The van der Waals surface area contributed by atoms with Gasteiger partial charge >= 0.3 is 0 Å². The summed E-state index contributed by atoms with van der Waals surface area (Å²) in [6, 6.07) is 8.23. The van der Waals surface area contributed by atoms with Gasteiger partial charge in [-0.3, -0.25) is 24.1 Å². The molecule has 0 aromatic heterocycles. The van der Waals surface area contributed by atoms with E-state index in [9.17, 15) is 19.2 Å². The zero-order valence-electron chi connectivity index (χ0n) is 15.0. The van der Waals surface area contributed by atoms with E-state index in [1.54, 1.807) is 48.0 Å². The van der Waals surface area contributed by atoms with Crippen LogP contribution in [0.1, 0.15) is 23.7 Å². The first kappa shape index (κ1) is 16.8. The Morgan fingerprint density at radius 3 is 2.38 bits per heavy atom. The summed E-state index contributed by atoms with van der Waals surface area (Å²) in [7, 11) is 3.13. The van der Waals surface area contributed by atoms with E-state index in [-0.39, 0.29) is 30.2 Å². The average molecular weight is 355 g/mol. The SMILES string of the molecule is CC[C@]12C(=O)N(C)C[C@H]([C@@H]3C(=O)N(C)C(=O)[C@@H]31)N2C(=O)c1ccccc1. The largest absolute Gasteiger partial charge is 0.342 e. The first-order valence-electron chi connectivity index (χ1n) is 8.82. The van der Waals surface area contributed by atoms with Gasteiger partial charge in [0, 0.05) is 26.2 Å². The van der Waals surface area contributed by atoms with Crippen molar-refractivity contribution < 1.29 is 19.2 Å². The fourth-order valence-corrected chi connectivity index (χ4v) is 5.05. The number of likely N-dealkylation sites (N-methyl/N-ethyl adjacent to an activating group) is 1. The Labute approximate surface area is 151 Å². The quantitative estimate of drug-likeness (QED) is 0.718. The molecular weight excluding hydrogens is 334 g/mol. The van der Waals surface area contributed by atoms with Crippen LogP contribution in [-0.4, -0.2) is 70.5 Å². The van der Waals surface area contributed by atoms with E-state index >= 15 is 0 Å². The van der Waals surface area contributed by atoms with E-state index < -0.39 is 23.4 Å². The third-order valence-electron chi connectivity index (χ3n) is 6.22. The van der Waals surface area contributed by atoms with Crippen molar-refractivity contribution in [1.82, 2.24) is 14.7 Å². The molecule has 136 valence electrons. The molecule has 0 N–H and O–H groups in total. The van der Waals surface area contributed by atoms with Gasteiger partial charge in [-0.2, -0.15) is 0 Å². The van der Waals surface area contributed by atoms with Crippen LogP contribution in [0.5, 0.6) is 0 Å². The van der Waals surface area contributed by atoms with Crippen molar-refractivity contribution in [1.29, 1.82) is 0 Å². The van der Waals surface area contributed by atoms with Gasteiger partial charge in [0.25, 0.3) is 5.91 Å². The second-order valence-corrected chi connectivity index (χ2v) is 7.31. The topological polar surface area (TPSA) is 78.0 Å². The number of likely N-dealkylation sites (tertiary alicyclic amines) is 2. The van der Waals surface area contributed by atoms with E-state index in [1.165, 1.54) is 7.05 Å². The number of rotatable bonds is 2. The molecule has 1 aromatic carbocycles. The Hall–Kier alpha value is -2.70. The second-order valence-electron chi connectivity index (χ2n) is 7.31. The number of nitrogens with zero attached hydrogens (tertiary/aromatic N) is 3. The highest BCUT2D eigenvalue weighted by Gasteiger charge is 2.74. The number of carbonyl (C=O) groups is 4. The fourth-order valence-electron chi connectivity index (χ4n) is 5.05. The lowest BCUT2D eigenvalue weighted by Gasteiger charge is -2.48. The second kappa shape index (κ2) is 5.40. The number of fused-ring (bicyclic) bond motifs is 5. The van der Waals surface area contributed by atoms with Crippen molar-refractivity contribution in [2.24, 2.45) is 11.8 Å². The van der Waals surface area contributed by atoms with Crippen LogP contribution in [0.15, 0.2) is 30.3 Å². The van der Waals surface area contributed by atoms with E-state index in [4.69, 9.17) is 0 Å². The van der Waals surface area contributed by atoms with E-state index in [2.05, 4.69) is 0 Å². The molecule has 0 spiro atoms. The van der Waals surface area contributed by atoms with Crippen molar-refractivity contribution in [2.75, 3.05) is 20.6 Å². The third kappa shape index (κ3) is 1.78. The van der Waals surface area contributed by atoms with Crippen molar-refractivity contribution in [3.63, 3.8) is 0 Å². The third-order valence-corrected chi connectivity index (χ3v) is 6.22. The van der Waals surface area contributed by atoms with Crippen LogP contribution in [0.4, 0.5) is 0 Å². The van der Waals surface area contributed by atoms with Gasteiger partial charge < -0.3 is 9.80 Å². The Kier molecular flexibility index (Phi) is 3.48. The van der Waals surface area contributed by atoms with Crippen LogP contribution < -0.4 is 0 Å². The highest BCUT2D eigenvalue weighted by Crippen LogP contribution is 2.53. The van der Waals surface area contributed by atoms with Gasteiger partial charge in [-0.15, -0.1) is 0 Å². The number of carbonyl (C=O) groups excluding carboxylic acids is 4. The van der Waals surface area contributed by atoms with Gasteiger partial charge in [-0.1, -0.05) is 25.1 Å². The number of amides is 4. The maximum absolute atomic E-state index is 13.3. The maximum atomic E-state index is 13.3. The summed E-state index contributed by atoms with van der Waals surface area (Å²) in [5.41, 5.74) is -0.840. The Bertz CT molecular complexity index is 823. The maximum Gasteiger partial charge on any atom is 0.255 e. The van der Waals surface area contributed by atoms with Crippen LogP contribution >= 0.6 is 0 Å². The summed E-state index contributed by atoms with van der Waals surface area (Å²) in [5.74, 6) is -2.68. The molecule has 4 amide bonds. The zero-order valence-corrected chi connectivity index (χ0v) is 15.0. The lowest BCUT2D eigenvalue weighted by molar-refractivity contribution is -0.155. The van der Waals surface area contributed by atoms with Gasteiger partial charge in [0.05, 0.1) is 17.9 Å². The lowest BCUT2D eigenvalue weighted by atomic mass is 9.78. The first-order chi connectivity index (χ1) is 12.4. The van der Waals surface area contributed by atoms with Crippen molar-refractivity contribution in [3.05, 3.63) is 35.9 Å². The summed E-state index contributed by atoms with van der Waals surface area (Å²) in [5, 5.41) is 0. The van der Waals surface area contributed by atoms with Crippen molar-refractivity contribution >= 4 is 23.6 Å². The predicted molar refractivity (Wildman–Crippen MR) is 91.8 cm³/mol. The molecule has 4 atom stereocenters. The first-order valence-corrected chi connectivity index (χ1v) is 8.82. The number of hydrogen-bond donors (Lipinski definition) is 0. The monoisotopic (exact) mass is 355 g/mol. The van der Waals surface area contributed by atoms with E-state index in [0.717, 1.165) is 4.90 Å². The molecule has 3 heterocycles. The van der Waals surface area contributed by atoms with Crippen LogP contribution in [0.2, 0.25) is 0 Å². The van der Waals surface area contributed by atoms with Gasteiger partial charge in [0.15, 0.2) is 0 Å². The summed E-state index contributed by atoms with van der Waals surface area (Å²) in [6.45, 7) is 2.06. The summed E-state index contributed by atoms with van der Waals surface area (Å²) < 4.78 is 0. The average Bonchev–Trinajstić information content (AvgIpc) is 3.03. The standard InChI is InChI=1S/C19H21N3O4/c1-4-19-14-13(16(24)21(3)17(14)25)12(10-20(2)18(19)26)22(19)15(23)11-8-6-5-7-9-11/h5-9,12-14H,4,10H2,1-3H3/t12-,13+,14-,19-/m1/s1. The fraction of sp³-hybridized carbons (Fsp3) is 0.474. The van der Waals surface area contributed by atoms with Gasteiger partial charge in [0.2, 0.25) is 17.7 Å². The highest BCUT2D eigenvalue weighted by atomic mass is 16.2. The highest BCUT2D eigenvalue weighted by molar-refractivity contribution is 6.13. The van der Waals surface area contributed by atoms with Crippen LogP contribution in [-0.2, 0) is 14.4 Å². The Morgan fingerprint density at radius 1 is 1.12 bits per heavy atom. The smallest absolute Gasteiger partial charge is 0.255 e. The minimum atomic E-state index is -1.30. The van der Waals surface area contributed by atoms with Crippen molar-refractivity contribution in [2.45, 2.75) is 24.9 Å². The van der Waals surface area contributed by atoms with E-state index in [0.29, 0.717) is 12.0 Å². The Morgan fingerprint density at radius 2 is 1.77 bits per heavy atom. The van der Waals surface area contributed by atoms with Crippen molar-refractivity contribution in [3.8, 4) is 0 Å². The molecule has 7 heteroatoms. The number of imide groups is 1. The number of piperazine rings is 1. The van der Waals surface area contributed by atoms with Gasteiger partial charge in [-0.05, 0) is 18.6 Å². The molecule has 4 rings (SSSR count). The molecule has 0 radical (unpaired) electrons. The van der Waals surface area contributed by atoms with Crippen LogP contribution in [0.25, 0.3) is 0 Å². The summed E-state index contributed by atoms with van der Waals surface area (Å²) in [4.78, 5) is 56.4. The molecule has 3 aliphatic rings. The van der Waals surface area contributed by atoms with Gasteiger partial charge in [-0.25, -0.2) is 0 Å². The minimum Gasteiger partial charge on any atom is -0.342 e. The number of hydrogen-bond acceptors (Lipinski definition) is 4. The lowest BCUT2D eigenvalue weighted by Crippen LogP contribution is -2.68. The molecule has 0 saturated carbocycles. The molecule has 1 aromatic rings. The van der Waals surface area contributed by atoms with E-state index in [1.807, 2.05) is 6.07 Å². The predicted octanol–water partition coefficient (Wildman–Crippen LogP) is 0.363. The molecule has 3 saturated heterocycles. The van der Waals surface area contributed by atoms with Crippen LogP contribution in [0.3, 0.4) is 0 Å². The molecule has 3 fully saturated rings. The molecule has 7 nitrogen and oxygen atoms in total. The summed E-state index contributed by atoms with van der Waals surface area (Å²) in [6.07, 6.45) is 0.291. The zero-order chi connectivity index (χ0) is 18.8. The summed E-state index contributed by atoms with van der Waals surface area (Å²) >= 11 is 0. The normalized spacial score (nSPS) is 33.1. The van der Waals surface area contributed by atoms with Crippen LogP contribution in [0, 0.1) is 11.8 Å².